The third-order valence-electron chi connectivity index (χ3n) is 5.64. The Morgan fingerprint density at radius 3 is 2.44 bits per heavy atom. The van der Waals surface area contributed by atoms with Gasteiger partial charge in [-0.15, -0.1) is 0 Å². The first-order valence-electron chi connectivity index (χ1n) is 12.3. The number of benzene rings is 3. The Balaban J connectivity index is 1.57. The number of amidine groups is 1. The highest BCUT2D eigenvalue weighted by molar-refractivity contribution is 8.18. The number of nitrogens with zero attached hydrogens (tertiary/aromatic N) is 2. The van der Waals surface area contributed by atoms with Gasteiger partial charge in [0, 0.05) is 6.54 Å². The first kappa shape index (κ1) is 25.6. The molecule has 0 unspecified atom stereocenters. The summed E-state index contributed by atoms with van der Waals surface area (Å²) in [6, 6.07) is 22.0. The minimum Gasteiger partial charge on any atom is -0.490 e. The van der Waals surface area contributed by atoms with Crippen LogP contribution in [0.2, 0.25) is 0 Å². The molecule has 6 heteroatoms. The van der Waals surface area contributed by atoms with E-state index in [4.69, 9.17) is 14.5 Å². The molecule has 36 heavy (non-hydrogen) atoms. The zero-order valence-corrected chi connectivity index (χ0v) is 22.1. The number of hydrogen-bond donors (Lipinski definition) is 0. The normalized spacial score (nSPS) is 15.7. The van der Waals surface area contributed by atoms with Crippen LogP contribution < -0.4 is 9.47 Å². The van der Waals surface area contributed by atoms with Gasteiger partial charge >= 0.3 is 0 Å². The summed E-state index contributed by atoms with van der Waals surface area (Å²) in [5.41, 5.74) is 5.20. The number of aliphatic imine (C=N–C) groups is 1. The largest absolute Gasteiger partial charge is 0.490 e. The van der Waals surface area contributed by atoms with Crippen LogP contribution >= 0.6 is 11.8 Å². The summed E-state index contributed by atoms with van der Waals surface area (Å²) >= 11 is 1.41. The SMILES string of the molecule is CCCN1C(=O)/C(=C\c2ccc(OCc3cccc(C)c3)c(OCC)c2)SC1=Nc1ccc(C)cc1. The van der Waals surface area contributed by atoms with E-state index in [9.17, 15) is 4.79 Å². The van der Waals surface area contributed by atoms with Crippen LogP contribution in [0.5, 0.6) is 11.5 Å². The van der Waals surface area contributed by atoms with Gasteiger partial charge in [0.05, 0.1) is 17.2 Å². The van der Waals surface area contributed by atoms with Gasteiger partial charge in [-0.25, -0.2) is 4.99 Å². The number of thioether (sulfide) groups is 1. The van der Waals surface area contributed by atoms with E-state index in [2.05, 4.69) is 26.0 Å². The molecule has 1 saturated heterocycles. The zero-order chi connectivity index (χ0) is 25.5. The average Bonchev–Trinajstić information content (AvgIpc) is 3.14. The summed E-state index contributed by atoms with van der Waals surface area (Å²) < 4.78 is 11.9. The lowest BCUT2D eigenvalue weighted by molar-refractivity contribution is -0.122. The van der Waals surface area contributed by atoms with Gasteiger partial charge in [0.2, 0.25) is 0 Å². The lowest BCUT2D eigenvalue weighted by atomic mass is 10.1. The van der Waals surface area contributed by atoms with Crippen molar-refractivity contribution in [2.45, 2.75) is 40.7 Å². The van der Waals surface area contributed by atoms with Crippen molar-refractivity contribution in [1.29, 1.82) is 0 Å². The summed E-state index contributed by atoms with van der Waals surface area (Å²) in [6.07, 6.45) is 2.76. The number of ether oxygens (including phenoxy) is 2. The van der Waals surface area contributed by atoms with Crippen LogP contribution in [0.4, 0.5) is 5.69 Å². The highest BCUT2D eigenvalue weighted by Crippen LogP contribution is 2.36. The van der Waals surface area contributed by atoms with E-state index >= 15 is 0 Å². The van der Waals surface area contributed by atoms with Crippen LogP contribution in [0.1, 0.15) is 42.5 Å². The van der Waals surface area contributed by atoms with Crippen LogP contribution in [0.15, 0.2) is 76.6 Å². The van der Waals surface area contributed by atoms with Gasteiger partial charge in [-0.2, -0.15) is 0 Å². The number of aryl methyl sites for hydroxylation is 2. The fourth-order valence-electron chi connectivity index (χ4n) is 3.86. The molecular weight excluding hydrogens is 468 g/mol. The van der Waals surface area contributed by atoms with Gasteiger partial charge in [0.15, 0.2) is 16.7 Å². The molecule has 0 spiro atoms. The molecule has 1 heterocycles. The van der Waals surface area contributed by atoms with Gasteiger partial charge in [0.25, 0.3) is 5.91 Å². The van der Waals surface area contributed by atoms with Crippen molar-refractivity contribution < 1.29 is 14.3 Å². The van der Waals surface area contributed by atoms with Gasteiger partial charge in [-0.05, 0) is 80.4 Å². The maximum Gasteiger partial charge on any atom is 0.266 e. The van der Waals surface area contributed by atoms with E-state index in [0.29, 0.717) is 41.3 Å². The van der Waals surface area contributed by atoms with Crippen molar-refractivity contribution in [2.75, 3.05) is 13.2 Å². The topological polar surface area (TPSA) is 51.1 Å². The smallest absolute Gasteiger partial charge is 0.266 e. The second kappa shape index (κ2) is 12.0. The molecule has 0 atom stereocenters. The molecule has 5 nitrogen and oxygen atoms in total. The third-order valence-corrected chi connectivity index (χ3v) is 6.64. The molecule has 3 aromatic rings. The molecule has 1 fully saturated rings. The Kier molecular flexibility index (Phi) is 8.49. The van der Waals surface area contributed by atoms with Crippen LogP contribution in [-0.4, -0.2) is 29.1 Å². The predicted molar refractivity (Wildman–Crippen MR) is 149 cm³/mol. The van der Waals surface area contributed by atoms with E-state index in [0.717, 1.165) is 23.2 Å². The highest BCUT2D eigenvalue weighted by Gasteiger charge is 2.32. The van der Waals surface area contributed by atoms with Crippen molar-refractivity contribution in [3.8, 4) is 11.5 Å². The monoisotopic (exact) mass is 500 g/mol. The average molecular weight is 501 g/mol. The number of carbonyl (C=O) groups is 1. The van der Waals surface area contributed by atoms with E-state index in [1.807, 2.05) is 74.5 Å². The third kappa shape index (κ3) is 6.38. The number of hydrogen-bond acceptors (Lipinski definition) is 5. The molecule has 0 saturated carbocycles. The van der Waals surface area contributed by atoms with Crippen LogP contribution in [0, 0.1) is 13.8 Å². The summed E-state index contributed by atoms with van der Waals surface area (Å²) in [5, 5.41) is 0.708. The summed E-state index contributed by atoms with van der Waals surface area (Å²) in [5.74, 6) is 1.32. The van der Waals surface area contributed by atoms with Gasteiger partial charge in [-0.1, -0.05) is 60.5 Å². The Hall–Kier alpha value is -3.51. The highest BCUT2D eigenvalue weighted by atomic mass is 32.2. The van der Waals surface area contributed by atoms with Gasteiger partial charge < -0.3 is 9.47 Å². The Morgan fingerprint density at radius 1 is 0.917 bits per heavy atom. The van der Waals surface area contributed by atoms with E-state index in [1.165, 1.54) is 22.9 Å². The van der Waals surface area contributed by atoms with E-state index in [1.54, 1.807) is 4.90 Å². The quantitative estimate of drug-likeness (QED) is 0.289. The van der Waals surface area contributed by atoms with Crippen LogP contribution in [0.25, 0.3) is 6.08 Å². The molecule has 0 bridgehead atoms. The first-order valence-corrected chi connectivity index (χ1v) is 13.1. The van der Waals surface area contributed by atoms with E-state index < -0.39 is 0 Å². The standard InChI is InChI=1S/C30H32N2O3S/c1-5-16-32-29(33)28(36-30(32)31-25-13-10-21(3)11-14-25)19-23-12-15-26(27(18-23)34-6-2)35-20-24-9-7-8-22(4)17-24/h7-15,17-19H,5-6,16,20H2,1-4H3/b28-19+,31-30?. The lowest BCUT2D eigenvalue weighted by Gasteiger charge is -2.14. The van der Waals surface area contributed by atoms with Crippen LogP contribution in [-0.2, 0) is 11.4 Å². The number of rotatable bonds is 9. The maximum atomic E-state index is 13.2. The predicted octanol–water partition coefficient (Wildman–Crippen LogP) is 7.30. The maximum absolute atomic E-state index is 13.2. The minimum absolute atomic E-state index is 0.0227. The molecule has 186 valence electrons. The molecule has 4 rings (SSSR count). The van der Waals surface area contributed by atoms with Crippen molar-refractivity contribution in [3.63, 3.8) is 0 Å². The van der Waals surface area contributed by atoms with Crippen molar-refractivity contribution >= 4 is 34.6 Å². The molecular formula is C30H32N2O3S. The molecule has 0 aliphatic carbocycles. The van der Waals surface area contributed by atoms with Crippen molar-refractivity contribution in [3.05, 3.63) is 93.9 Å². The second-order valence-corrected chi connectivity index (χ2v) is 9.72. The number of carbonyl (C=O) groups excluding carboxylic acids is 1. The fraction of sp³-hybridized carbons (Fsp3) is 0.267. The van der Waals surface area contributed by atoms with Crippen LogP contribution in [0.3, 0.4) is 0 Å². The molecule has 1 amide bonds. The molecule has 3 aromatic carbocycles. The van der Waals surface area contributed by atoms with Gasteiger partial charge in [-0.3, -0.25) is 9.69 Å². The summed E-state index contributed by atoms with van der Waals surface area (Å²) in [6.45, 7) is 9.73. The summed E-state index contributed by atoms with van der Waals surface area (Å²) in [7, 11) is 0. The molecule has 0 N–H and O–H groups in total. The molecule has 0 aromatic heterocycles. The number of amides is 1. The van der Waals surface area contributed by atoms with Crippen molar-refractivity contribution in [1.82, 2.24) is 4.90 Å². The van der Waals surface area contributed by atoms with Crippen molar-refractivity contribution in [2.24, 2.45) is 4.99 Å². The fourth-order valence-corrected chi connectivity index (χ4v) is 4.88. The Labute approximate surface area is 217 Å². The molecule has 1 aliphatic heterocycles. The molecule has 0 radical (unpaired) electrons. The zero-order valence-electron chi connectivity index (χ0n) is 21.3. The minimum atomic E-state index is -0.0227. The van der Waals surface area contributed by atoms with E-state index in [-0.39, 0.29) is 5.91 Å². The Bertz CT molecular complexity index is 1280. The lowest BCUT2D eigenvalue weighted by Crippen LogP contribution is -2.29. The first-order chi connectivity index (χ1) is 17.5. The summed E-state index contributed by atoms with van der Waals surface area (Å²) in [4.78, 5) is 20.4. The molecule has 1 aliphatic rings. The van der Waals surface area contributed by atoms with Gasteiger partial charge in [0.1, 0.15) is 6.61 Å². The Morgan fingerprint density at radius 2 is 1.72 bits per heavy atom. The second-order valence-electron chi connectivity index (χ2n) is 8.71.